The van der Waals surface area contributed by atoms with Crippen molar-refractivity contribution in [3.8, 4) is 0 Å². The van der Waals surface area contributed by atoms with Crippen LogP contribution in [0.4, 0.5) is 13.2 Å². The number of alkyl halides is 1. The largest absolute Gasteiger partial charge is 0.311 e. The van der Waals surface area contributed by atoms with E-state index in [-0.39, 0.29) is 18.5 Å². The summed E-state index contributed by atoms with van der Waals surface area (Å²) in [6, 6.07) is 3.74. The van der Waals surface area contributed by atoms with Crippen molar-refractivity contribution in [2.75, 3.05) is 0 Å². The average molecular weight is 255 g/mol. The van der Waals surface area contributed by atoms with Crippen LogP contribution in [0.3, 0.4) is 0 Å². The molecule has 18 heavy (non-hydrogen) atoms. The lowest BCUT2D eigenvalue weighted by atomic mass is 9.84. The van der Waals surface area contributed by atoms with E-state index in [4.69, 9.17) is 0 Å². The molecule has 2 atom stereocenters. The number of benzene rings is 1. The Morgan fingerprint density at radius 1 is 1.06 bits per heavy atom. The molecule has 0 aliphatic carbocycles. The molecule has 1 aromatic rings. The first-order chi connectivity index (χ1) is 8.52. The lowest BCUT2D eigenvalue weighted by molar-refractivity contribution is 0.0892. The summed E-state index contributed by atoms with van der Waals surface area (Å²) in [5.74, 6) is -1.27. The van der Waals surface area contributed by atoms with E-state index in [9.17, 15) is 13.2 Å². The lowest BCUT2D eigenvalue weighted by Gasteiger charge is -2.35. The Hall–Kier alpha value is -1.03. The van der Waals surface area contributed by atoms with E-state index in [1.807, 2.05) is 0 Å². The third-order valence-corrected chi connectivity index (χ3v) is 4.00. The van der Waals surface area contributed by atoms with E-state index in [2.05, 4.69) is 5.32 Å². The Labute approximate surface area is 104 Å². The highest BCUT2D eigenvalue weighted by atomic mass is 19.1. The summed E-state index contributed by atoms with van der Waals surface area (Å²) >= 11 is 0. The quantitative estimate of drug-likeness (QED) is 0.856. The van der Waals surface area contributed by atoms with Crippen LogP contribution in [0.15, 0.2) is 18.2 Å². The van der Waals surface area contributed by atoms with Crippen LogP contribution in [0.5, 0.6) is 0 Å². The molecule has 4 heteroatoms. The summed E-state index contributed by atoms with van der Waals surface area (Å²) in [4.78, 5) is 0. The predicted molar refractivity (Wildman–Crippen MR) is 63.1 cm³/mol. The topological polar surface area (TPSA) is 12.0 Å². The Morgan fingerprint density at radius 2 is 1.61 bits per heavy atom. The van der Waals surface area contributed by atoms with Gasteiger partial charge >= 0.3 is 0 Å². The molecule has 2 saturated heterocycles. The molecule has 2 bridgehead atoms. The number of fused-ring (bicyclic) bond motifs is 2. The molecule has 0 saturated carbocycles. The first kappa shape index (κ1) is 12.0. The molecule has 1 nitrogen and oxygen atoms in total. The Balaban J connectivity index is 1.79. The molecule has 2 aliphatic heterocycles. The Bertz CT molecular complexity index is 428. The molecule has 2 aliphatic rings. The standard InChI is InChI=1S/C14H16F3N/c15-10-3-9(4-11(16)5-10)6-14(17)7-12-1-2-13(8-14)18-12/h3-5,12-13,18H,1-2,6-8H2. The Morgan fingerprint density at radius 3 is 2.17 bits per heavy atom. The zero-order valence-electron chi connectivity index (χ0n) is 10.1. The van der Waals surface area contributed by atoms with Gasteiger partial charge in [0.15, 0.2) is 0 Å². The molecule has 1 N–H and O–H groups in total. The fraction of sp³-hybridized carbons (Fsp3) is 0.571. The second-order valence-electron chi connectivity index (χ2n) is 5.65. The summed E-state index contributed by atoms with van der Waals surface area (Å²) in [6.07, 6.45) is 3.02. The lowest BCUT2D eigenvalue weighted by Crippen LogP contribution is -2.47. The SMILES string of the molecule is Fc1cc(F)cc(CC2(F)CC3CCC(C2)N3)c1. The molecular formula is C14H16F3N. The van der Waals surface area contributed by atoms with Gasteiger partial charge in [0.05, 0.1) is 0 Å². The minimum absolute atomic E-state index is 0.108. The molecule has 1 aromatic carbocycles. The minimum atomic E-state index is -1.32. The van der Waals surface area contributed by atoms with Gasteiger partial charge < -0.3 is 5.32 Å². The van der Waals surface area contributed by atoms with Crippen LogP contribution in [-0.2, 0) is 6.42 Å². The maximum absolute atomic E-state index is 14.8. The third kappa shape index (κ3) is 2.39. The highest BCUT2D eigenvalue weighted by Gasteiger charge is 2.43. The summed E-state index contributed by atoms with van der Waals surface area (Å²) in [5.41, 5.74) is -0.909. The van der Waals surface area contributed by atoms with Gasteiger partial charge in [-0.25, -0.2) is 13.2 Å². The van der Waals surface area contributed by atoms with Gasteiger partial charge in [-0.1, -0.05) is 0 Å². The van der Waals surface area contributed by atoms with Gasteiger partial charge in [0.1, 0.15) is 17.3 Å². The second-order valence-corrected chi connectivity index (χ2v) is 5.65. The van der Waals surface area contributed by atoms with E-state index >= 15 is 0 Å². The van der Waals surface area contributed by atoms with Crippen molar-refractivity contribution in [1.82, 2.24) is 5.32 Å². The van der Waals surface area contributed by atoms with Crippen molar-refractivity contribution in [1.29, 1.82) is 0 Å². The van der Waals surface area contributed by atoms with E-state index in [0.29, 0.717) is 18.4 Å². The van der Waals surface area contributed by atoms with Crippen molar-refractivity contribution in [3.05, 3.63) is 35.4 Å². The van der Waals surface area contributed by atoms with Gasteiger partial charge in [0.2, 0.25) is 0 Å². The smallest absolute Gasteiger partial charge is 0.126 e. The van der Waals surface area contributed by atoms with Crippen molar-refractivity contribution < 1.29 is 13.2 Å². The van der Waals surface area contributed by atoms with Gasteiger partial charge in [0.25, 0.3) is 0 Å². The average Bonchev–Trinajstić information content (AvgIpc) is 2.56. The fourth-order valence-corrected chi connectivity index (χ4v) is 3.41. The molecule has 3 rings (SSSR count). The Kier molecular flexibility index (Phi) is 2.85. The monoisotopic (exact) mass is 255 g/mol. The number of halogens is 3. The second kappa shape index (κ2) is 4.26. The molecular weight excluding hydrogens is 239 g/mol. The van der Waals surface area contributed by atoms with Crippen LogP contribution in [0.1, 0.15) is 31.2 Å². The van der Waals surface area contributed by atoms with E-state index in [0.717, 1.165) is 18.9 Å². The van der Waals surface area contributed by atoms with Gasteiger partial charge in [-0.15, -0.1) is 0 Å². The number of rotatable bonds is 2. The summed E-state index contributed by atoms with van der Waals surface area (Å²) in [6.45, 7) is 0. The highest BCUT2D eigenvalue weighted by Crippen LogP contribution is 2.38. The summed E-state index contributed by atoms with van der Waals surface area (Å²) in [5, 5.41) is 3.37. The summed E-state index contributed by atoms with van der Waals surface area (Å²) in [7, 11) is 0. The van der Waals surface area contributed by atoms with Crippen molar-refractivity contribution >= 4 is 0 Å². The van der Waals surface area contributed by atoms with Gasteiger partial charge in [-0.05, 0) is 43.4 Å². The van der Waals surface area contributed by atoms with Crippen molar-refractivity contribution in [2.24, 2.45) is 0 Å². The van der Waals surface area contributed by atoms with Crippen LogP contribution in [0.25, 0.3) is 0 Å². The molecule has 0 aromatic heterocycles. The minimum Gasteiger partial charge on any atom is -0.311 e. The number of piperidine rings is 1. The molecule has 2 fully saturated rings. The van der Waals surface area contributed by atoms with Crippen LogP contribution >= 0.6 is 0 Å². The van der Waals surface area contributed by atoms with E-state index in [1.54, 1.807) is 0 Å². The molecule has 0 spiro atoms. The predicted octanol–water partition coefficient (Wildman–Crippen LogP) is 3.13. The molecule has 0 amide bonds. The highest BCUT2D eigenvalue weighted by molar-refractivity contribution is 5.21. The first-order valence-electron chi connectivity index (χ1n) is 6.42. The molecule has 98 valence electrons. The number of hydrogen-bond donors (Lipinski definition) is 1. The van der Waals surface area contributed by atoms with Crippen LogP contribution in [0.2, 0.25) is 0 Å². The third-order valence-electron chi connectivity index (χ3n) is 4.00. The zero-order chi connectivity index (χ0) is 12.8. The van der Waals surface area contributed by atoms with Crippen LogP contribution in [-0.4, -0.2) is 17.8 Å². The molecule has 2 heterocycles. The first-order valence-corrected chi connectivity index (χ1v) is 6.42. The van der Waals surface area contributed by atoms with Crippen molar-refractivity contribution in [2.45, 2.75) is 49.9 Å². The molecule has 2 unspecified atom stereocenters. The van der Waals surface area contributed by atoms with Crippen molar-refractivity contribution in [3.63, 3.8) is 0 Å². The van der Waals surface area contributed by atoms with Crippen LogP contribution in [0, 0.1) is 11.6 Å². The van der Waals surface area contributed by atoms with E-state index in [1.165, 1.54) is 12.1 Å². The molecule has 0 radical (unpaired) electrons. The maximum atomic E-state index is 14.8. The summed E-state index contributed by atoms with van der Waals surface area (Å²) < 4.78 is 41.0. The number of hydrogen-bond acceptors (Lipinski definition) is 1. The van der Waals surface area contributed by atoms with Gasteiger partial charge in [0, 0.05) is 24.6 Å². The fourth-order valence-electron chi connectivity index (χ4n) is 3.41. The number of nitrogens with one attached hydrogen (secondary N) is 1. The van der Waals surface area contributed by atoms with E-state index < -0.39 is 17.3 Å². The normalized spacial score (nSPS) is 34.8. The van der Waals surface area contributed by atoms with Gasteiger partial charge in [-0.3, -0.25) is 0 Å². The maximum Gasteiger partial charge on any atom is 0.126 e. The van der Waals surface area contributed by atoms with Crippen LogP contribution < -0.4 is 5.32 Å². The van der Waals surface area contributed by atoms with Gasteiger partial charge in [-0.2, -0.15) is 0 Å². The zero-order valence-corrected chi connectivity index (χ0v) is 10.1.